The maximum atomic E-state index is 12.6. The molecule has 0 aliphatic carbocycles. The highest BCUT2D eigenvalue weighted by atomic mass is 35.5. The summed E-state index contributed by atoms with van der Waals surface area (Å²) in [5, 5.41) is 3.71. The molecular formula is C19H19ClN2O3. The molecule has 1 aliphatic heterocycles. The number of carbonyl (C=O) groups is 2. The Labute approximate surface area is 151 Å². The fourth-order valence-corrected chi connectivity index (χ4v) is 2.80. The Morgan fingerprint density at radius 3 is 2.44 bits per heavy atom. The van der Waals surface area contributed by atoms with Crippen molar-refractivity contribution < 1.29 is 14.3 Å². The first-order valence-electron chi connectivity index (χ1n) is 8.20. The quantitative estimate of drug-likeness (QED) is 0.796. The van der Waals surface area contributed by atoms with Gasteiger partial charge in [0.1, 0.15) is 11.8 Å². The molecule has 1 fully saturated rings. The van der Waals surface area contributed by atoms with Gasteiger partial charge in [0.2, 0.25) is 5.91 Å². The summed E-state index contributed by atoms with van der Waals surface area (Å²) in [7, 11) is 0. The number of hydrogen-bond donors (Lipinski definition) is 1. The molecule has 1 aliphatic rings. The number of imide groups is 1. The fourth-order valence-electron chi connectivity index (χ4n) is 2.67. The van der Waals surface area contributed by atoms with Crippen LogP contribution in [0.2, 0.25) is 5.02 Å². The second kappa shape index (κ2) is 7.57. The minimum atomic E-state index is -0.579. The van der Waals surface area contributed by atoms with E-state index >= 15 is 0 Å². The lowest BCUT2D eigenvalue weighted by Gasteiger charge is -2.16. The van der Waals surface area contributed by atoms with E-state index in [4.69, 9.17) is 16.3 Å². The second-order valence-corrected chi connectivity index (χ2v) is 6.25. The summed E-state index contributed by atoms with van der Waals surface area (Å²) >= 11 is 5.86. The van der Waals surface area contributed by atoms with Crippen LogP contribution in [0.25, 0.3) is 0 Å². The molecule has 2 aromatic rings. The number of nitrogens with zero attached hydrogens (tertiary/aromatic N) is 1. The number of halogens is 1. The molecule has 2 amide bonds. The molecule has 0 radical (unpaired) electrons. The number of nitrogens with one attached hydrogen (secondary N) is 1. The molecule has 3 rings (SSSR count). The molecule has 0 saturated carbocycles. The Morgan fingerprint density at radius 2 is 1.80 bits per heavy atom. The third kappa shape index (κ3) is 3.94. The van der Waals surface area contributed by atoms with E-state index in [0.29, 0.717) is 17.3 Å². The molecule has 25 heavy (non-hydrogen) atoms. The van der Waals surface area contributed by atoms with Crippen molar-refractivity contribution in [1.29, 1.82) is 0 Å². The van der Waals surface area contributed by atoms with Crippen LogP contribution in [0.3, 0.4) is 0 Å². The summed E-state index contributed by atoms with van der Waals surface area (Å²) in [5.74, 6) is 0.237. The highest BCUT2D eigenvalue weighted by molar-refractivity contribution is 6.30. The van der Waals surface area contributed by atoms with E-state index in [2.05, 4.69) is 5.32 Å². The molecule has 0 bridgehead atoms. The first-order chi connectivity index (χ1) is 12.1. The van der Waals surface area contributed by atoms with Crippen molar-refractivity contribution in [3.05, 3.63) is 53.6 Å². The van der Waals surface area contributed by atoms with Gasteiger partial charge in [-0.25, -0.2) is 4.90 Å². The molecular weight excluding hydrogens is 340 g/mol. The molecule has 0 unspecified atom stereocenters. The van der Waals surface area contributed by atoms with Crippen LogP contribution in [0.5, 0.6) is 5.75 Å². The van der Waals surface area contributed by atoms with Crippen molar-refractivity contribution in [3.63, 3.8) is 0 Å². The van der Waals surface area contributed by atoms with Crippen LogP contribution in [0, 0.1) is 0 Å². The van der Waals surface area contributed by atoms with Gasteiger partial charge in [-0.1, -0.05) is 18.5 Å². The molecule has 1 N–H and O–H groups in total. The van der Waals surface area contributed by atoms with Gasteiger partial charge >= 0.3 is 0 Å². The van der Waals surface area contributed by atoms with Crippen LogP contribution >= 0.6 is 11.6 Å². The monoisotopic (exact) mass is 358 g/mol. The molecule has 0 spiro atoms. The van der Waals surface area contributed by atoms with Crippen LogP contribution in [-0.2, 0) is 9.59 Å². The van der Waals surface area contributed by atoms with Crippen LogP contribution in [0.15, 0.2) is 48.5 Å². The standard InChI is InChI=1S/C19H19ClN2O3/c1-2-11-25-16-9-7-15(8-10-16)22-18(23)12-17(19(22)24)21-14-5-3-13(20)4-6-14/h3-10,17,21H,2,11-12H2,1H3/t17-/m1/s1. The van der Waals surface area contributed by atoms with Gasteiger partial charge in [0.05, 0.1) is 18.7 Å². The van der Waals surface area contributed by atoms with Gasteiger partial charge in [0.25, 0.3) is 5.91 Å². The largest absolute Gasteiger partial charge is 0.494 e. The number of benzene rings is 2. The lowest BCUT2D eigenvalue weighted by atomic mass is 10.2. The zero-order valence-corrected chi connectivity index (χ0v) is 14.6. The number of rotatable bonds is 6. The SMILES string of the molecule is CCCOc1ccc(N2C(=O)C[C@@H](Nc3ccc(Cl)cc3)C2=O)cc1. The lowest BCUT2D eigenvalue weighted by molar-refractivity contribution is -0.121. The predicted molar refractivity (Wildman–Crippen MR) is 98.2 cm³/mol. The van der Waals surface area contributed by atoms with Crippen LogP contribution in [0.4, 0.5) is 11.4 Å². The van der Waals surface area contributed by atoms with E-state index in [1.165, 1.54) is 4.90 Å². The number of carbonyl (C=O) groups excluding carboxylic acids is 2. The minimum Gasteiger partial charge on any atom is -0.494 e. The lowest BCUT2D eigenvalue weighted by Crippen LogP contribution is -2.34. The smallest absolute Gasteiger partial charge is 0.256 e. The van der Waals surface area contributed by atoms with Crippen molar-refractivity contribution in [2.45, 2.75) is 25.8 Å². The maximum Gasteiger partial charge on any atom is 0.256 e. The molecule has 130 valence electrons. The Hall–Kier alpha value is -2.53. The Bertz CT molecular complexity index is 759. The van der Waals surface area contributed by atoms with E-state index in [0.717, 1.165) is 17.9 Å². The Kier molecular flexibility index (Phi) is 5.24. The molecule has 1 saturated heterocycles. The molecule has 1 atom stereocenters. The van der Waals surface area contributed by atoms with Gasteiger partial charge in [-0.2, -0.15) is 0 Å². The average molecular weight is 359 g/mol. The van der Waals surface area contributed by atoms with Crippen molar-refractivity contribution in [2.24, 2.45) is 0 Å². The number of anilines is 2. The van der Waals surface area contributed by atoms with Crippen molar-refractivity contribution in [2.75, 3.05) is 16.8 Å². The minimum absolute atomic E-state index is 0.121. The Balaban J connectivity index is 1.71. The number of hydrogen-bond acceptors (Lipinski definition) is 4. The van der Waals surface area contributed by atoms with E-state index < -0.39 is 6.04 Å². The summed E-state index contributed by atoms with van der Waals surface area (Å²) in [4.78, 5) is 26.2. The fraction of sp³-hybridized carbons (Fsp3) is 0.263. The normalized spacial score (nSPS) is 17.0. The average Bonchev–Trinajstić information content (AvgIpc) is 2.89. The molecule has 0 aromatic heterocycles. The highest BCUT2D eigenvalue weighted by Gasteiger charge is 2.39. The van der Waals surface area contributed by atoms with Gasteiger partial charge in [-0.05, 0) is 55.0 Å². The third-order valence-electron chi connectivity index (χ3n) is 3.90. The van der Waals surface area contributed by atoms with Gasteiger partial charge < -0.3 is 10.1 Å². The van der Waals surface area contributed by atoms with E-state index in [9.17, 15) is 9.59 Å². The van der Waals surface area contributed by atoms with Crippen molar-refractivity contribution >= 4 is 34.8 Å². The first kappa shape index (κ1) is 17.3. The van der Waals surface area contributed by atoms with Gasteiger partial charge in [0.15, 0.2) is 0 Å². The van der Waals surface area contributed by atoms with Gasteiger partial charge in [-0.15, -0.1) is 0 Å². The van der Waals surface area contributed by atoms with Crippen molar-refractivity contribution in [1.82, 2.24) is 0 Å². The maximum absolute atomic E-state index is 12.6. The summed E-state index contributed by atoms with van der Waals surface area (Å²) in [5.41, 5.74) is 1.31. The number of amides is 2. The highest BCUT2D eigenvalue weighted by Crippen LogP contribution is 2.27. The van der Waals surface area contributed by atoms with Crippen molar-refractivity contribution in [3.8, 4) is 5.75 Å². The van der Waals surface area contributed by atoms with Gasteiger partial charge in [0, 0.05) is 10.7 Å². The summed E-state index contributed by atoms with van der Waals surface area (Å²) in [6.07, 6.45) is 1.04. The third-order valence-corrected chi connectivity index (χ3v) is 4.15. The zero-order valence-electron chi connectivity index (χ0n) is 13.9. The Morgan fingerprint density at radius 1 is 1.12 bits per heavy atom. The molecule has 2 aromatic carbocycles. The first-order valence-corrected chi connectivity index (χ1v) is 8.58. The van der Waals surface area contributed by atoms with E-state index in [-0.39, 0.29) is 18.2 Å². The molecule has 1 heterocycles. The summed E-state index contributed by atoms with van der Waals surface area (Å²) < 4.78 is 5.52. The summed E-state index contributed by atoms with van der Waals surface area (Å²) in [6.45, 7) is 2.66. The predicted octanol–water partition coefficient (Wildman–Crippen LogP) is 3.87. The zero-order chi connectivity index (χ0) is 17.8. The van der Waals surface area contributed by atoms with Crippen LogP contribution in [-0.4, -0.2) is 24.5 Å². The number of ether oxygens (including phenoxy) is 1. The van der Waals surface area contributed by atoms with Crippen LogP contribution in [0.1, 0.15) is 19.8 Å². The summed E-state index contributed by atoms with van der Waals surface area (Å²) in [6, 6.07) is 13.4. The van der Waals surface area contributed by atoms with E-state index in [1.807, 2.05) is 6.92 Å². The van der Waals surface area contributed by atoms with E-state index in [1.54, 1.807) is 48.5 Å². The topological polar surface area (TPSA) is 58.6 Å². The van der Waals surface area contributed by atoms with Gasteiger partial charge in [-0.3, -0.25) is 9.59 Å². The molecule has 6 heteroatoms. The second-order valence-electron chi connectivity index (χ2n) is 5.82. The van der Waals surface area contributed by atoms with Crippen LogP contribution < -0.4 is 15.0 Å². The molecule has 5 nitrogen and oxygen atoms in total.